The van der Waals surface area contributed by atoms with Gasteiger partial charge in [-0.25, -0.2) is 4.98 Å². The van der Waals surface area contributed by atoms with Crippen LogP contribution in [-0.2, 0) is 4.79 Å². The molecule has 1 amide bonds. The molecule has 0 aliphatic rings. The zero-order valence-corrected chi connectivity index (χ0v) is 9.69. The molecule has 0 fully saturated rings. The van der Waals surface area contributed by atoms with Crippen LogP contribution in [0.2, 0.25) is 0 Å². The fourth-order valence-electron chi connectivity index (χ4n) is 1.62. The van der Waals surface area contributed by atoms with E-state index in [1.807, 2.05) is 19.1 Å². The predicted octanol–water partition coefficient (Wildman–Crippen LogP) is 1.77. The number of carbonyl (C=O) groups is 1. The summed E-state index contributed by atoms with van der Waals surface area (Å²) < 4.78 is 5.27. The molecule has 0 saturated carbocycles. The molecule has 2 heterocycles. The summed E-state index contributed by atoms with van der Waals surface area (Å²) in [5.41, 5.74) is 0.792. The standard InChI is InChI=1S/C12H15N3O2/c1-2-13-11(16)4-7-15-12-9-5-8-17-10(9)3-6-14-12/h3,5-6,8H,2,4,7H2,1H3,(H,13,16)(H,14,15). The van der Waals surface area contributed by atoms with Gasteiger partial charge in [0, 0.05) is 25.7 Å². The summed E-state index contributed by atoms with van der Waals surface area (Å²) in [6, 6.07) is 3.67. The third-order valence-corrected chi connectivity index (χ3v) is 2.40. The molecule has 2 N–H and O–H groups in total. The maximum absolute atomic E-state index is 11.3. The lowest BCUT2D eigenvalue weighted by Crippen LogP contribution is -2.24. The topological polar surface area (TPSA) is 67.2 Å². The lowest BCUT2D eigenvalue weighted by molar-refractivity contribution is -0.120. The van der Waals surface area contributed by atoms with Crippen LogP contribution in [-0.4, -0.2) is 24.0 Å². The maximum atomic E-state index is 11.3. The Hall–Kier alpha value is -2.04. The van der Waals surface area contributed by atoms with Crippen LogP contribution in [0.3, 0.4) is 0 Å². The van der Waals surface area contributed by atoms with Crippen molar-refractivity contribution in [3.63, 3.8) is 0 Å². The van der Waals surface area contributed by atoms with E-state index in [1.165, 1.54) is 0 Å². The average Bonchev–Trinajstić information content (AvgIpc) is 2.78. The van der Waals surface area contributed by atoms with E-state index < -0.39 is 0 Å². The van der Waals surface area contributed by atoms with Gasteiger partial charge in [-0.2, -0.15) is 0 Å². The highest BCUT2D eigenvalue weighted by molar-refractivity contribution is 5.88. The Balaban J connectivity index is 1.95. The SMILES string of the molecule is CCNC(=O)CCNc1nccc2occc12. The number of aromatic nitrogens is 1. The van der Waals surface area contributed by atoms with Gasteiger partial charge in [0.2, 0.25) is 5.91 Å². The van der Waals surface area contributed by atoms with Crippen LogP contribution >= 0.6 is 0 Å². The van der Waals surface area contributed by atoms with Crippen molar-refractivity contribution in [3.8, 4) is 0 Å². The van der Waals surface area contributed by atoms with Crippen molar-refractivity contribution in [1.29, 1.82) is 0 Å². The van der Waals surface area contributed by atoms with Crippen LogP contribution in [0, 0.1) is 0 Å². The second-order valence-corrected chi connectivity index (χ2v) is 3.62. The molecule has 0 aliphatic carbocycles. The molecule has 2 rings (SSSR count). The van der Waals surface area contributed by atoms with Crippen molar-refractivity contribution in [2.45, 2.75) is 13.3 Å². The van der Waals surface area contributed by atoms with Gasteiger partial charge < -0.3 is 15.1 Å². The van der Waals surface area contributed by atoms with Crippen molar-refractivity contribution >= 4 is 22.7 Å². The van der Waals surface area contributed by atoms with Crippen molar-refractivity contribution in [3.05, 3.63) is 24.6 Å². The molecule has 17 heavy (non-hydrogen) atoms. The van der Waals surface area contributed by atoms with Crippen LogP contribution in [0.25, 0.3) is 11.0 Å². The Morgan fingerprint density at radius 1 is 1.47 bits per heavy atom. The van der Waals surface area contributed by atoms with Gasteiger partial charge in [-0.1, -0.05) is 0 Å². The van der Waals surface area contributed by atoms with E-state index in [0.29, 0.717) is 19.5 Å². The second kappa shape index (κ2) is 5.34. The molecule has 2 aromatic heterocycles. The number of rotatable bonds is 5. The number of pyridine rings is 1. The summed E-state index contributed by atoms with van der Waals surface area (Å²) in [6.07, 6.45) is 3.74. The minimum atomic E-state index is 0.0411. The van der Waals surface area contributed by atoms with Gasteiger partial charge in [0.1, 0.15) is 11.4 Å². The van der Waals surface area contributed by atoms with E-state index in [2.05, 4.69) is 15.6 Å². The van der Waals surface area contributed by atoms with Gasteiger partial charge in [0.05, 0.1) is 11.6 Å². The average molecular weight is 233 g/mol. The van der Waals surface area contributed by atoms with Gasteiger partial charge in [-0.15, -0.1) is 0 Å². The fraction of sp³-hybridized carbons (Fsp3) is 0.333. The quantitative estimate of drug-likeness (QED) is 0.825. The predicted molar refractivity (Wildman–Crippen MR) is 65.8 cm³/mol. The smallest absolute Gasteiger partial charge is 0.221 e. The lowest BCUT2D eigenvalue weighted by Gasteiger charge is -2.06. The largest absolute Gasteiger partial charge is 0.464 e. The van der Waals surface area contributed by atoms with E-state index in [4.69, 9.17) is 4.42 Å². The van der Waals surface area contributed by atoms with Crippen LogP contribution in [0.15, 0.2) is 29.0 Å². The number of fused-ring (bicyclic) bond motifs is 1. The van der Waals surface area contributed by atoms with Crippen molar-refractivity contribution < 1.29 is 9.21 Å². The molecule has 0 bridgehead atoms. The third-order valence-electron chi connectivity index (χ3n) is 2.40. The van der Waals surface area contributed by atoms with Gasteiger partial charge in [-0.3, -0.25) is 4.79 Å². The monoisotopic (exact) mass is 233 g/mol. The molecule has 0 radical (unpaired) electrons. The van der Waals surface area contributed by atoms with Crippen molar-refractivity contribution in [2.24, 2.45) is 0 Å². The molecular weight excluding hydrogens is 218 g/mol. The first kappa shape index (κ1) is 11.4. The Bertz CT molecular complexity index is 507. The molecule has 2 aromatic rings. The molecule has 0 unspecified atom stereocenters. The van der Waals surface area contributed by atoms with E-state index in [1.54, 1.807) is 12.5 Å². The first-order chi connectivity index (χ1) is 8.31. The molecule has 0 aromatic carbocycles. The number of furan rings is 1. The highest BCUT2D eigenvalue weighted by Crippen LogP contribution is 2.21. The summed E-state index contributed by atoms with van der Waals surface area (Å²) in [6.45, 7) is 3.12. The number of nitrogens with one attached hydrogen (secondary N) is 2. The zero-order valence-electron chi connectivity index (χ0n) is 9.69. The second-order valence-electron chi connectivity index (χ2n) is 3.62. The maximum Gasteiger partial charge on any atom is 0.221 e. The third kappa shape index (κ3) is 2.75. The Labute approximate surface area is 99.2 Å². The molecule has 90 valence electrons. The number of amides is 1. The van der Waals surface area contributed by atoms with Gasteiger partial charge in [0.25, 0.3) is 0 Å². The van der Waals surface area contributed by atoms with Crippen LogP contribution in [0.1, 0.15) is 13.3 Å². The Kier molecular flexibility index (Phi) is 3.59. The zero-order chi connectivity index (χ0) is 12.1. The molecular formula is C12H15N3O2. The van der Waals surface area contributed by atoms with Crippen molar-refractivity contribution in [1.82, 2.24) is 10.3 Å². The molecule has 0 spiro atoms. The minimum absolute atomic E-state index is 0.0411. The number of nitrogens with zero attached hydrogens (tertiary/aromatic N) is 1. The number of hydrogen-bond donors (Lipinski definition) is 2. The highest BCUT2D eigenvalue weighted by atomic mass is 16.3. The highest BCUT2D eigenvalue weighted by Gasteiger charge is 2.04. The number of hydrogen-bond acceptors (Lipinski definition) is 4. The molecule has 0 aliphatic heterocycles. The van der Waals surface area contributed by atoms with Gasteiger partial charge >= 0.3 is 0 Å². The van der Waals surface area contributed by atoms with E-state index in [0.717, 1.165) is 16.8 Å². The first-order valence-corrected chi connectivity index (χ1v) is 5.64. The summed E-state index contributed by atoms with van der Waals surface area (Å²) in [4.78, 5) is 15.5. The molecule has 0 saturated heterocycles. The molecule has 5 heteroatoms. The van der Waals surface area contributed by atoms with E-state index in [9.17, 15) is 4.79 Å². The van der Waals surface area contributed by atoms with E-state index >= 15 is 0 Å². The summed E-state index contributed by atoms with van der Waals surface area (Å²) in [5, 5.41) is 6.81. The van der Waals surface area contributed by atoms with Crippen molar-refractivity contribution in [2.75, 3.05) is 18.4 Å². The van der Waals surface area contributed by atoms with E-state index in [-0.39, 0.29) is 5.91 Å². The minimum Gasteiger partial charge on any atom is -0.464 e. The normalized spacial score (nSPS) is 10.4. The van der Waals surface area contributed by atoms with Crippen LogP contribution < -0.4 is 10.6 Å². The Morgan fingerprint density at radius 2 is 2.35 bits per heavy atom. The van der Waals surface area contributed by atoms with Crippen LogP contribution in [0.5, 0.6) is 0 Å². The summed E-state index contributed by atoms with van der Waals surface area (Å²) >= 11 is 0. The molecule has 5 nitrogen and oxygen atoms in total. The lowest BCUT2D eigenvalue weighted by atomic mass is 10.3. The number of carbonyl (C=O) groups excluding carboxylic acids is 1. The fourth-order valence-corrected chi connectivity index (χ4v) is 1.62. The number of anilines is 1. The first-order valence-electron chi connectivity index (χ1n) is 5.64. The summed E-state index contributed by atoms with van der Waals surface area (Å²) in [5.74, 6) is 0.792. The Morgan fingerprint density at radius 3 is 3.18 bits per heavy atom. The van der Waals surface area contributed by atoms with Gasteiger partial charge in [-0.05, 0) is 19.1 Å². The van der Waals surface area contributed by atoms with Crippen LogP contribution in [0.4, 0.5) is 5.82 Å². The van der Waals surface area contributed by atoms with Gasteiger partial charge in [0.15, 0.2) is 0 Å². The molecule has 0 atom stereocenters. The summed E-state index contributed by atoms with van der Waals surface area (Å²) in [7, 11) is 0.